The summed E-state index contributed by atoms with van der Waals surface area (Å²) < 4.78 is 0.686. The Labute approximate surface area is 62.2 Å². The van der Waals surface area contributed by atoms with Gasteiger partial charge in [-0.1, -0.05) is 11.6 Å². The van der Waals surface area contributed by atoms with Crippen LogP contribution in [0.4, 0.5) is 5.00 Å². The van der Waals surface area contributed by atoms with Gasteiger partial charge in [0.1, 0.15) is 5.00 Å². The molecule has 9 heavy (non-hydrogen) atoms. The Morgan fingerprint density at radius 3 is 2.56 bits per heavy atom. The van der Waals surface area contributed by atoms with Gasteiger partial charge in [-0.2, -0.15) is 0 Å². The zero-order valence-electron chi connectivity index (χ0n) is 4.84. The lowest BCUT2D eigenvalue weighted by molar-refractivity contribution is 0.282. The maximum absolute atomic E-state index is 8.82. The molecule has 0 aliphatic rings. The number of halogens is 1. The van der Waals surface area contributed by atoms with E-state index in [-0.39, 0.29) is 0 Å². The first-order valence-electron chi connectivity index (χ1n) is 2.38. The van der Waals surface area contributed by atoms with E-state index < -0.39 is 0 Å². The summed E-state index contributed by atoms with van der Waals surface area (Å²) in [6, 6.07) is 3.50. The number of hydroxylamine groups is 1. The van der Waals surface area contributed by atoms with E-state index in [1.54, 1.807) is 19.2 Å². The van der Waals surface area contributed by atoms with Gasteiger partial charge < -0.3 is 0 Å². The van der Waals surface area contributed by atoms with Gasteiger partial charge in [-0.25, -0.2) is 0 Å². The van der Waals surface area contributed by atoms with Crippen LogP contribution in [0.15, 0.2) is 12.1 Å². The molecule has 0 radical (unpaired) electrons. The van der Waals surface area contributed by atoms with Crippen LogP contribution in [-0.2, 0) is 0 Å². The molecule has 1 aromatic heterocycles. The normalized spacial score (nSPS) is 9.67. The molecule has 0 bridgehead atoms. The molecule has 0 saturated heterocycles. The van der Waals surface area contributed by atoms with Crippen molar-refractivity contribution >= 4 is 27.9 Å². The van der Waals surface area contributed by atoms with Gasteiger partial charge in [-0.05, 0) is 12.1 Å². The molecule has 0 aliphatic carbocycles. The maximum atomic E-state index is 8.82. The minimum Gasteiger partial charge on any atom is -0.288 e. The summed E-state index contributed by atoms with van der Waals surface area (Å²) in [5.41, 5.74) is 0. The van der Waals surface area contributed by atoms with E-state index in [0.29, 0.717) is 4.34 Å². The Bertz CT molecular complexity index is 199. The predicted molar refractivity (Wildman–Crippen MR) is 39.5 cm³/mol. The van der Waals surface area contributed by atoms with Crippen molar-refractivity contribution in [1.82, 2.24) is 0 Å². The molecule has 0 atom stereocenters. The van der Waals surface area contributed by atoms with E-state index in [0.717, 1.165) is 10.1 Å². The molecule has 4 heteroatoms. The van der Waals surface area contributed by atoms with Gasteiger partial charge in [0.05, 0.1) is 4.34 Å². The molecule has 0 amide bonds. The van der Waals surface area contributed by atoms with Crippen LogP contribution in [0.1, 0.15) is 0 Å². The Balaban J connectivity index is 2.85. The second-order valence-electron chi connectivity index (χ2n) is 1.60. The summed E-state index contributed by atoms with van der Waals surface area (Å²) in [6.45, 7) is 0. The van der Waals surface area contributed by atoms with E-state index in [1.807, 2.05) is 0 Å². The number of hydrogen-bond donors (Lipinski definition) is 1. The van der Waals surface area contributed by atoms with Crippen LogP contribution >= 0.6 is 22.9 Å². The first-order valence-corrected chi connectivity index (χ1v) is 3.57. The molecular weight excluding hydrogens is 158 g/mol. The fraction of sp³-hybridized carbons (Fsp3) is 0.200. The van der Waals surface area contributed by atoms with E-state index in [2.05, 4.69) is 0 Å². The van der Waals surface area contributed by atoms with Gasteiger partial charge in [0.15, 0.2) is 0 Å². The van der Waals surface area contributed by atoms with E-state index in [1.165, 1.54) is 11.3 Å². The zero-order valence-corrected chi connectivity index (χ0v) is 6.41. The molecule has 0 saturated carbocycles. The summed E-state index contributed by atoms with van der Waals surface area (Å²) in [7, 11) is 1.56. The van der Waals surface area contributed by atoms with E-state index >= 15 is 0 Å². The van der Waals surface area contributed by atoms with Crippen LogP contribution < -0.4 is 5.06 Å². The fourth-order valence-corrected chi connectivity index (χ4v) is 1.38. The lowest BCUT2D eigenvalue weighted by Crippen LogP contribution is -2.06. The molecule has 1 N–H and O–H groups in total. The summed E-state index contributed by atoms with van der Waals surface area (Å²) in [4.78, 5) is 0. The van der Waals surface area contributed by atoms with Gasteiger partial charge >= 0.3 is 0 Å². The standard InChI is InChI=1S/C5H6ClNOS/c1-7(8)5-3-2-4(6)9-5/h2-3,8H,1H3. The number of thiophene rings is 1. The van der Waals surface area contributed by atoms with Gasteiger partial charge in [0, 0.05) is 7.05 Å². The van der Waals surface area contributed by atoms with Crippen LogP contribution in [0.3, 0.4) is 0 Å². The highest BCUT2D eigenvalue weighted by Crippen LogP contribution is 2.27. The van der Waals surface area contributed by atoms with Crippen LogP contribution in [0.25, 0.3) is 0 Å². The number of rotatable bonds is 1. The van der Waals surface area contributed by atoms with Crippen molar-refractivity contribution in [1.29, 1.82) is 0 Å². The number of anilines is 1. The first kappa shape index (κ1) is 6.86. The summed E-state index contributed by atoms with van der Waals surface area (Å²) >= 11 is 6.92. The highest BCUT2D eigenvalue weighted by molar-refractivity contribution is 7.19. The molecule has 0 fully saturated rings. The molecule has 0 aliphatic heterocycles. The van der Waals surface area contributed by atoms with Gasteiger partial charge in [0.25, 0.3) is 0 Å². The topological polar surface area (TPSA) is 23.5 Å². The zero-order chi connectivity index (χ0) is 6.85. The molecule has 1 heterocycles. The second-order valence-corrected chi connectivity index (χ2v) is 3.29. The third-order valence-corrected chi connectivity index (χ3v) is 2.18. The van der Waals surface area contributed by atoms with Crippen LogP contribution in [0.5, 0.6) is 0 Å². The highest BCUT2D eigenvalue weighted by atomic mass is 35.5. The number of hydrogen-bond acceptors (Lipinski definition) is 3. The Kier molecular flexibility index (Phi) is 1.95. The minimum atomic E-state index is 0.686. The van der Waals surface area contributed by atoms with Gasteiger partial charge in [-0.3, -0.25) is 10.3 Å². The molecule has 0 aromatic carbocycles. The Hall–Kier alpha value is -0.250. The van der Waals surface area contributed by atoms with Crippen molar-refractivity contribution in [2.24, 2.45) is 0 Å². The van der Waals surface area contributed by atoms with Crippen molar-refractivity contribution in [3.05, 3.63) is 16.5 Å². The lowest BCUT2D eigenvalue weighted by Gasteiger charge is -2.03. The van der Waals surface area contributed by atoms with Crippen molar-refractivity contribution in [2.75, 3.05) is 12.1 Å². The van der Waals surface area contributed by atoms with E-state index in [4.69, 9.17) is 16.8 Å². The smallest absolute Gasteiger partial charge is 0.117 e. The van der Waals surface area contributed by atoms with Gasteiger partial charge in [0.2, 0.25) is 0 Å². The Morgan fingerprint density at radius 1 is 1.67 bits per heavy atom. The quantitative estimate of drug-likeness (QED) is 0.642. The molecule has 2 nitrogen and oxygen atoms in total. The summed E-state index contributed by atoms with van der Waals surface area (Å²) in [5, 5.41) is 10.6. The van der Waals surface area contributed by atoms with Crippen molar-refractivity contribution < 1.29 is 5.21 Å². The third-order valence-electron chi connectivity index (χ3n) is 0.878. The number of nitrogens with zero attached hydrogens (tertiary/aromatic N) is 1. The van der Waals surface area contributed by atoms with E-state index in [9.17, 15) is 0 Å². The molecular formula is C5H6ClNOS. The summed E-state index contributed by atoms with van der Waals surface area (Å²) in [6.07, 6.45) is 0. The monoisotopic (exact) mass is 163 g/mol. The molecule has 0 spiro atoms. The highest BCUT2D eigenvalue weighted by Gasteiger charge is 1.98. The average molecular weight is 164 g/mol. The second kappa shape index (κ2) is 2.56. The summed E-state index contributed by atoms with van der Waals surface area (Å²) in [5.74, 6) is 0. The minimum absolute atomic E-state index is 0.686. The van der Waals surface area contributed by atoms with Crippen molar-refractivity contribution in [3.63, 3.8) is 0 Å². The Morgan fingerprint density at radius 2 is 2.33 bits per heavy atom. The SMILES string of the molecule is CN(O)c1ccc(Cl)s1. The van der Waals surface area contributed by atoms with Crippen molar-refractivity contribution in [2.45, 2.75) is 0 Å². The van der Waals surface area contributed by atoms with Crippen LogP contribution in [0, 0.1) is 0 Å². The average Bonchev–Trinajstić information content (AvgIpc) is 2.14. The largest absolute Gasteiger partial charge is 0.288 e. The van der Waals surface area contributed by atoms with Crippen LogP contribution in [-0.4, -0.2) is 12.3 Å². The predicted octanol–water partition coefficient (Wildman–Crippen LogP) is 2.23. The lowest BCUT2D eigenvalue weighted by atomic mass is 10.6. The molecule has 0 unspecified atom stereocenters. The molecule has 1 rings (SSSR count). The third kappa shape index (κ3) is 1.58. The van der Waals surface area contributed by atoms with Crippen LogP contribution in [0.2, 0.25) is 4.34 Å². The maximum Gasteiger partial charge on any atom is 0.117 e. The van der Waals surface area contributed by atoms with Crippen molar-refractivity contribution in [3.8, 4) is 0 Å². The molecule has 1 aromatic rings. The molecule has 50 valence electrons. The fourth-order valence-electron chi connectivity index (χ4n) is 0.479. The first-order chi connectivity index (χ1) is 4.20. The van der Waals surface area contributed by atoms with Gasteiger partial charge in [-0.15, -0.1) is 11.3 Å².